The summed E-state index contributed by atoms with van der Waals surface area (Å²) in [4.78, 5) is 25.0. The first-order valence-electron chi connectivity index (χ1n) is 8.67. The Balaban J connectivity index is 0.000000348. The lowest BCUT2D eigenvalue weighted by molar-refractivity contribution is -0.145. The molecule has 3 fully saturated rings. The molecule has 3 rings (SSSR count). The van der Waals surface area contributed by atoms with Gasteiger partial charge >= 0.3 is 0 Å². The average Bonchev–Trinajstić information content (AvgIpc) is 2.87. The maximum Gasteiger partial charge on any atom is 0.219 e. The highest BCUT2D eigenvalue weighted by atomic mass is 16.5. The van der Waals surface area contributed by atoms with Crippen LogP contribution in [0, 0.1) is 0 Å². The topological polar surface area (TPSA) is 49.9 Å². The van der Waals surface area contributed by atoms with Crippen LogP contribution in [0.15, 0.2) is 0 Å². The molecular formula is C17H34N2O3. The number of likely N-dealkylation sites (tertiary alicyclic amines) is 2. The summed E-state index contributed by atoms with van der Waals surface area (Å²) < 4.78 is 5.47. The standard InChI is InChI=1S/C8H13NO2.C5H9NO.2C2H6/c1-7(10)9-4-2-8(6-9)3-5-11-8;1-5(7)6-3-2-4-6;2*1-2/h2-6H2,1H3;2-4H2,1H3;2*1-2H3. The zero-order valence-corrected chi connectivity index (χ0v) is 15.3. The largest absolute Gasteiger partial charge is 0.373 e. The van der Waals surface area contributed by atoms with Crippen LogP contribution in [0.4, 0.5) is 0 Å². The fourth-order valence-electron chi connectivity index (χ4n) is 2.46. The number of hydrogen-bond acceptors (Lipinski definition) is 3. The second kappa shape index (κ2) is 10.6. The van der Waals surface area contributed by atoms with Gasteiger partial charge in [0, 0.05) is 46.4 Å². The van der Waals surface area contributed by atoms with Crippen molar-refractivity contribution in [2.24, 2.45) is 0 Å². The van der Waals surface area contributed by atoms with E-state index in [1.165, 1.54) is 6.42 Å². The van der Waals surface area contributed by atoms with Crippen molar-refractivity contribution in [3.05, 3.63) is 0 Å². The molecule has 3 aliphatic heterocycles. The van der Waals surface area contributed by atoms with Gasteiger partial charge in [-0.2, -0.15) is 0 Å². The molecule has 5 heteroatoms. The smallest absolute Gasteiger partial charge is 0.219 e. The molecule has 0 aliphatic carbocycles. The van der Waals surface area contributed by atoms with Crippen LogP contribution in [0.1, 0.15) is 60.8 Å². The number of nitrogens with zero attached hydrogens (tertiary/aromatic N) is 2. The molecular weight excluding hydrogens is 280 g/mol. The van der Waals surface area contributed by atoms with Crippen LogP contribution in [-0.4, -0.2) is 60.0 Å². The average molecular weight is 314 g/mol. The highest BCUT2D eigenvalue weighted by Crippen LogP contribution is 2.35. The third-order valence-corrected chi connectivity index (χ3v) is 4.03. The Morgan fingerprint density at radius 3 is 1.50 bits per heavy atom. The SMILES string of the molecule is CC.CC.CC(=O)N1CCC1.CC(=O)N1CCC2(CCO2)C1. The lowest BCUT2D eigenvalue weighted by Crippen LogP contribution is -2.46. The molecule has 0 saturated carbocycles. The Kier molecular flexibility index (Phi) is 10.1. The van der Waals surface area contributed by atoms with Gasteiger partial charge in [-0.15, -0.1) is 0 Å². The van der Waals surface area contributed by atoms with E-state index in [1.54, 1.807) is 13.8 Å². The maximum absolute atomic E-state index is 10.9. The summed E-state index contributed by atoms with van der Waals surface area (Å²) >= 11 is 0. The van der Waals surface area contributed by atoms with Crippen molar-refractivity contribution in [2.75, 3.05) is 32.8 Å². The van der Waals surface area contributed by atoms with E-state index in [2.05, 4.69) is 0 Å². The van der Waals surface area contributed by atoms with Gasteiger partial charge in [-0.25, -0.2) is 0 Å². The Labute approximate surface area is 136 Å². The number of ether oxygens (including phenoxy) is 1. The molecule has 1 unspecified atom stereocenters. The first-order valence-corrected chi connectivity index (χ1v) is 8.67. The van der Waals surface area contributed by atoms with Gasteiger partial charge in [-0.3, -0.25) is 9.59 Å². The number of carbonyl (C=O) groups is 2. The quantitative estimate of drug-likeness (QED) is 0.691. The zero-order valence-electron chi connectivity index (χ0n) is 15.3. The zero-order chi connectivity index (χ0) is 17.2. The summed E-state index contributed by atoms with van der Waals surface area (Å²) in [6, 6.07) is 0. The van der Waals surface area contributed by atoms with E-state index in [0.717, 1.165) is 45.6 Å². The molecule has 0 aromatic carbocycles. The fraction of sp³-hybridized carbons (Fsp3) is 0.882. The summed E-state index contributed by atoms with van der Waals surface area (Å²) in [5.41, 5.74) is 0.0751. The Bertz CT molecular complexity index is 337. The van der Waals surface area contributed by atoms with Gasteiger partial charge in [-0.1, -0.05) is 27.7 Å². The highest BCUT2D eigenvalue weighted by molar-refractivity contribution is 5.74. The van der Waals surface area contributed by atoms with Crippen LogP contribution in [0.25, 0.3) is 0 Å². The van der Waals surface area contributed by atoms with Crippen molar-refractivity contribution in [1.29, 1.82) is 0 Å². The Morgan fingerprint density at radius 1 is 0.864 bits per heavy atom. The Hall–Kier alpha value is -1.10. The predicted molar refractivity (Wildman–Crippen MR) is 89.7 cm³/mol. The van der Waals surface area contributed by atoms with Gasteiger partial charge in [0.1, 0.15) is 0 Å². The third kappa shape index (κ3) is 5.95. The summed E-state index contributed by atoms with van der Waals surface area (Å²) in [6.45, 7) is 15.8. The molecule has 0 radical (unpaired) electrons. The predicted octanol–water partition coefficient (Wildman–Crippen LogP) is 2.69. The van der Waals surface area contributed by atoms with Crippen LogP contribution < -0.4 is 0 Å². The summed E-state index contributed by atoms with van der Waals surface area (Å²) in [7, 11) is 0. The molecule has 3 saturated heterocycles. The van der Waals surface area contributed by atoms with Gasteiger partial charge < -0.3 is 14.5 Å². The van der Waals surface area contributed by atoms with E-state index < -0.39 is 0 Å². The summed E-state index contributed by atoms with van der Waals surface area (Å²) in [6.07, 6.45) is 3.36. The van der Waals surface area contributed by atoms with Gasteiger partial charge in [0.25, 0.3) is 0 Å². The Morgan fingerprint density at radius 2 is 1.36 bits per heavy atom. The second-order valence-corrected chi connectivity index (χ2v) is 5.33. The van der Waals surface area contributed by atoms with Crippen LogP contribution in [-0.2, 0) is 14.3 Å². The molecule has 0 aromatic rings. The van der Waals surface area contributed by atoms with Crippen molar-refractivity contribution < 1.29 is 14.3 Å². The minimum absolute atomic E-state index is 0.0751. The van der Waals surface area contributed by atoms with E-state index in [0.29, 0.717) is 0 Å². The minimum Gasteiger partial charge on any atom is -0.373 e. The summed E-state index contributed by atoms with van der Waals surface area (Å²) in [5.74, 6) is 0.392. The van der Waals surface area contributed by atoms with E-state index in [1.807, 2.05) is 37.5 Å². The van der Waals surface area contributed by atoms with E-state index >= 15 is 0 Å². The molecule has 130 valence electrons. The van der Waals surface area contributed by atoms with Crippen molar-refractivity contribution in [2.45, 2.75) is 66.4 Å². The molecule has 2 amide bonds. The first-order chi connectivity index (χ1) is 10.5. The van der Waals surface area contributed by atoms with Crippen LogP contribution in [0.2, 0.25) is 0 Å². The molecule has 3 aliphatic rings. The van der Waals surface area contributed by atoms with Crippen molar-refractivity contribution in [3.63, 3.8) is 0 Å². The highest BCUT2D eigenvalue weighted by Gasteiger charge is 2.44. The number of hydrogen-bond donors (Lipinski definition) is 0. The van der Waals surface area contributed by atoms with Crippen molar-refractivity contribution >= 4 is 11.8 Å². The van der Waals surface area contributed by atoms with Gasteiger partial charge in [0.2, 0.25) is 11.8 Å². The van der Waals surface area contributed by atoms with Crippen molar-refractivity contribution in [1.82, 2.24) is 9.80 Å². The molecule has 0 N–H and O–H groups in total. The molecule has 0 aromatic heterocycles. The van der Waals surface area contributed by atoms with Crippen LogP contribution in [0.3, 0.4) is 0 Å². The van der Waals surface area contributed by atoms with E-state index in [4.69, 9.17) is 4.74 Å². The fourth-order valence-corrected chi connectivity index (χ4v) is 2.46. The van der Waals surface area contributed by atoms with Crippen LogP contribution in [0.5, 0.6) is 0 Å². The van der Waals surface area contributed by atoms with Gasteiger partial charge in [-0.05, 0) is 12.8 Å². The van der Waals surface area contributed by atoms with Gasteiger partial charge in [0.15, 0.2) is 0 Å². The molecule has 1 atom stereocenters. The number of amides is 2. The normalized spacial score (nSPS) is 24.5. The molecule has 3 heterocycles. The van der Waals surface area contributed by atoms with Gasteiger partial charge in [0.05, 0.1) is 12.2 Å². The molecule has 1 spiro atoms. The molecule has 22 heavy (non-hydrogen) atoms. The van der Waals surface area contributed by atoms with E-state index in [-0.39, 0.29) is 17.4 Å². The second-order valence-electron chi connectivity index (χ2n) is 5.33. The molecule has 0 bridgehead atoms. The number of rotatable bonds is 0. The number of carbonyl (C=O) groups excluding carboxylic acids is 2. The molecule has 5 nitrogen and oxygen atoms in total. The van der Waals surface area contributed by atoms with Crippen molar-refractivity contribution in [3.8, 4) is 0 Å². The summed E-state index contributed by atoms with van der Waals surface area (Å²) in [5, 5.41) is 0. The van der Waals surface area contributed by atoms with Crippen LogP contribution >= 0.6 is 0 Å². The third-order valence-electron chi connectivity index (χ3n) is 4.03. The monoisotopic (exact) mass is 314 g/mol. The lowest BCUT2D eigenvalue weighted by Gasteiger charge is -2.38. The van der Waals surface area contributed by atoms with E-state index in [9.17, 15) is 9.59 Å². The minimum atomic E-state index is 0.0751. The maximum atomic E-state index is 10.9. The lowest BCUT2D eigenvalue weighted by atomic mass is 9.94. The first kappa shape index (κ1) is 20.9.